The highest BCUT2D eigenvalue weighted by Crippen LogP contribution is 2.47. The molecular weight excluding hydrogens is 670 g/mol. The minimum absolute atomic E-state index is 0.226. The number of rotatable bonds is 20. The van der Waals surface area contributed by atoms with E-state index >= 15 is 0 Å². The number of urea groups is 1. The number of H-pyrrole nitrogens is 1. The quantitative estimate of drug-likeness (QED) is 0.114. The lowest BCUT2D eigenvalue weighted by molar-refractivity contribution is -0.122. The predicted octanol–water partition coefficient (Wildman–Crippen LogP) is 2.91. The number of hydrogen-bond acceptors (Lipinski definition) is 12. The van der Waals surface area contributed by atoms with E-state index in [0.717, 1.165) is 0 Å². The van der Waals surface area contributed by atoms with Gasteiger partial charge in [-0.2, -0.15) is 0 Å². The van der Waals surface area contributed by atoms with E-state index in [1.807, 2.05) is 0 Å². The zero-order valence-corrected chi connectivity index (χ0v) is 29.6. The molecule has 48 heavy (non-hydrogen) atoms. The van der Waals surface area contributed by atoms with Crippen molar-refractivity contribution >= 4 is 28.7 Å². The molecule has 3 heterocycles. The van der Waals surface area contributed by atoms with Crippen molar-refractivity contribution in [3.63, 3.8) is 0 Å². The number of imide groups is 1. The number of hydrogen-bond donors (Lipinski definition) is 4. The monoisotopic (exact) mass is 718 g/mol. The summed E-state index contributed by atoms with van der Waals surface area (Å²) in [5, 5.41) is 15.0. The van der Waals surface area contributed by atoms with Gasteiger partial charge < -0.3 is 42.7 Å². The molecule has 8 atom stereocenters. The van der Waals surface area contributed by atoms with E-state index in [2.05, 4.69) is 28.8 Å². The SMILES string of the molecule is C=CCOP(CCCC1OC(NC(=O)NC(=O)C(C)C)C[C@H]1OP(COC)OCC=C)OC1CC(n2cc(C)c(=O)[nH]c2=O)OC1CO. The Morgan fingerprint density at radius 3 is 2.42 bits per heavy atom. The third kappa shape index (κ3) is 12.2. The number of carbonyl (C=O) groups is 2. The van der Waals surface area contributed by atoms with Crippen molar-refractivity contribution in [2.45, 2.75) is 83.3 Å². The summed E-state index contributed by atoms with van der Waals surface area (Å²) in [6.45, 7) is 12.5. The Balaban J connectivity index is 1.66. The van der Waals surface area contributed by atoms with Crippen LogP contribution in [0.25, 0.3) is 0 Å². The number of aryl methyl sites for hydroxylation is 1. The fourth-order valence-electron chi connectivity index (χ4n) is 4.91. The fraction of sp³-hybridized carbons (Fsp3) is 0.667. The number of aromatic amines is 1. The van der Waals surface area contributed by atoms with Crippen LogP contribution < -0.4 is 21.9 Å². The average Bonchev–Trinajstić information content (AvgIpc) is 3.62. The van der Waals surface area contributed by atoms with Crippen molar-refractivity contribution in [1.82, 2.24) is 20.2 Å². The van der Waals surface area contributed by atoms with Crippen LogP contribution in [0.2, 0.25) is 0 Å². The Labute approximate surface area is 282 Å². The van der Waals surface area contributed by atoms with Crippen molar-refractivity contribution in [1.29, 1.82) is 0 Å². The second-order valence-electron chi connectivity index (χ2n) is 11.4. The number of methoxy groups -OCH3 is 1. The number of amides is 3. The summed E-state index contributed by atoms with van der Waals surface area (Å²) in [4.78, 5) is 51.0. The molecule has 4 N–H and O–H groups in total. The third-order valence-electron chi connectivity index (χ3n) is 7.31. The number of aliphatic hydroxyl groups is 1. The molecule has 1 aromatic rings. The maximum atomic E-state index is 12.5. The van der Waals surface area contributed by atoms with Crippen LogP contribution in [0.3, 0.4) is 0 Å². The molecule has 16 nitrogen and oxygen atoms in total. The van der Waals surface area contributed by atoms with Crippen LogP contribution in [-0.2, 0) is 37.1 Å². The molecule has 2 aliphatic heterocycles. The maximum Gasteiger partial charge on any atom is 0.330 e. The van der Waals surface area contributed by atoms with Crippen molar-refractivity contribution in [2.75, 3.05) is 39.4 Å². The summed E-state index contributed by atoms with van der Waals surface area (Å²) in [5.41, 5.74) is -0.750. The first-order valence-electron chi connectivity index (χ1n) is 15.7. The molecule has 0 bridgehead atoms. The van der Waals surface area contributed by atoms with Crippen LogP contribution in [0.1, 0.15) is 51.3 Å². The van der Waals surface area contributed by atoms with Crippen molar-refractivity contribution in [3.05, 3.63) is 57.9 Å². The highest BCUT2D eigenvalue weighted by atomic mass is 31.2. The van der Waals surface area contributed by atoms with Crippen molar-refractivity contribution < 1.29 is 47.0 Å². The van der Waals surface area contributed by atoms with Gasteiger partial charge in [0.15, 0.2) is 16.8 Å². The summed E-state index contributed by atoms with van der Waals surface area (Å²) < 4.78 is 43.0. The first-order valence-corrected chi connectivity index (χ1v) is 18.4. The zero-order chi connectivity index (χ0) is 35.2. The molecule has 270 valence electrons. The van der Waals surface area contributed by atoms with Gasteiger partial charge in [-0.3, -0.25) is 24.5 Å². The summed E-state index contributed by atoms with van der Waals surface area (Å²) >= 11 is 0. The number of carbonyl (C=O) groups excluding carboxylic acids is 2. The van der Waals surface area contributed by atoms with Gasteiger partial charge in [-0.15, -0.1) is 13.2 Å². The highest BCUT2D eigenvalue weighted by Gasteiger charge is 2.41. The Morgan fingerprint density at radius 2 is 1.77 bits per heavy atom. The molecule has 0 spiro atoms. The Bertz CT molecular complexity index is 1330. The topological polar surface area (TPSA) is 198 Å². The Hall–Kier alpha value is -2.36. The number of nitrogens with one attached hydrogen (secondary N) is 3. The molecule has 0 aromatic carbocycles. The third-order valence-corrected chi connectivity index (χ3v) is 10.3. The molecule has 7 unspecified atom stereocenters. The van der Waals surface area contributed by atoms with Crippen LogP contribution in [-0.4, -0.2) is 96.7 Å². The smallest absolute Gasteiger partial charge is 0.330 e. The lowest BCUT2D eigenvalue weighted by Crippen LogP contribution is -2.45. The van der Waals surface area contributed by atoms with E-state index in [1.54, 1.807) is 40.0 Å². The largest absolute Gasteiger partial charge is 0.394 e. The van der Waals surface area contributed by atoms with Crippen LogP contribution in [0.4, 0.5) is 4.79 Å². The minimum atomic E-state index is -1.50. The van der Waals surface area contributed by atoms with Gasteiger partial charge in [-0.1, -0.05) is 26.0 Å². The lowest BCUT2D eigenvalue weighted by Gasteiger charge is -2.25. The summed E-state index contributed by atoms with van der Waals surface area (Å²) in [6.07, 6.45) is 3.32. The van der Waals surface area contributed by atoms with Crippen molar-refractivity contribution in [3.8, 4) is 0 Å². The molecule has 2 aliphatic rings. The lowest BCUT2D eigenvalue weighted by atomic mass is 10.1. The standard InChI is InChI=1S/C30H48N4O12P2/c1-7-11-41-47(45-23-15-26(44-24(23)17-35)34-16-20(5)28(37)33-30(34)39)13-9-10-21-22(46-48(18-40-6)42-12-8-2)14-25(43-21)31-29(38)32-27(36)19(3)4/h7-8,16,19,21-26,35H,1-2,9-15,17-18H2,3-6H3,(H,33,37,39)(H2,31,32,36,38)/t21?,22-,23?,24?,25?,26?,47?,48?/m1/s1. The molecule has 3 amide bonds. The number of ether oxygens (including phenoxy) is 3. The maximum absolute atomic E-state index is 12.5. The molecule has 0 saturated carbocycles. The molecule has 2 fully saturated rings. The van der Waals surface area contributed by atoms with Crippen LogP contribution in [0.5, 0.6) is 0 Å². The molecule has 2 saturated heterocycles. The van der Waals surface area contributed by atoms with E-state index < -0.39 is 76.8 Å². The Morgan fingerprint density at radius 1 is 1.10 bits per heavy atom. The van der Waals surface area contributed by atoms with Crippen LogP contribution in [0, 0.1) is 12.8 Å². The summed E-state index contributed by atoms with van der Waals surface area (Å²) in [6, 6.07) is -0.662. The van der Waals surface area contributed by atoms with E-state index in [-0.39, 0.29) is 38.5 Å². The van der Waals surface area contributed by atoms with Crippen LogP contribution >= 0.6 is 16.8 Å². The van der Waals surface area contributed by atoms with Gasteiger partial charge in [-0.25, -0.2) is 9.59 Å². The molecule has 0 radical (unpaired) electrons. The first kappa shape index (κ1) is 40.1. The summed E-state index contributed by atoms with van der Waals surface area (Å²) in [7, 11) is -1.39. The van der Waals surface area contributed by atoms with Gasteiger partial charge >= 0.3 is 11.7 Å². The number of aliphatic hydroxyl groups excluding tert-OH is 1. The zero-order valence-electron chi connectivity index (χ0n) is 27.8. The van der Waals surface area contributed by atoms with E-state index in [9.17, 15) is 24.3 Å². The predicted molar refractivity (Wildman–Crippen MR) is 178 cm³/mol. The Kier molecular flexibility index (Phi) is 17.0. The van der Waals surface area contributed by atoms with Gasteiger partial charge in [0.1, 0.15) is 24.9 Å². The minimum Gasteiger partial charge on any atom is -0.394 e. The van der Waals surface area contributed by atoms with Gasteiger partial charge in [-0.05, 0) is 19.8 Å². The summed E-state index contributed by atoms with van der Waals surface area (Å²) in [5.74, 6) is -0.776. The van der Waals surface area contributed by atoms with Gasteiger partial charge in [0, 0.05) is 43.8 Å². The van der Waals surface area contributed by atoms with E-state index in [0.29, 0.717) is 31.0 Å². The molecule has 1 aromatic heterocycles. The average molecular weight is 719 g/mol. The molecule has 3 rings (SSSR count). The fourth-order valence-corrected chi connectivity index (χ4v) is 7.64. The molecular formula is C30H48N4O12P2. The van der Waals surface area contributed by atoms with Gasteiger partial charge in [0.25, 0.3) is 5.56 Å². The second kappa shape index (κ2) is 20.3. The highest BCUT2D eigenvalue weighted by molar-refractivity contribution is 7.47. The first-order chi connectivity index (χ1) is 23.0. The molecule has 0 aliphatic carbocycles. The van der Waals surface area contributed by atoms with Gasteiger partial charge in [0.2, 0.25) is 5.91 Å². The molecule has 18 heteroatoms. The second-order valence-corrected chi connectivity index (χ2v) is 14.4. The van der Waals surface area contributed by atoms with E-state index in [1.165, 1.54) is 10.8 Å². The number of aromatic nitrogens is 2. The van der Waals surface area contributed by atoms with Crippen molar-refractivity contribution in [2.24, 2.45) is 5.92 Å². The van der Waals surface area contributed by atoms with E-state index in [4.69, 9.17) is 32.3 Å². The normalized spacial score (nSPS) is 25.1. The van der Waals surface area contributed by atoms with Gasteiger partial charge in [0.05, 0.1) is 38.1 Å². The van der Waals surface area contributed by atoms with Crippen LogP contribution in [0.15, 0.2) is 41.1 Å². The number of nitrogens with zero attached hydrogens (tertiary/aromatic N) is 1.